The van der Waals surface area contributed by atoms with Crippen LogP contribution in [0.2, 0.25) is 0 Å². The molecule has 0 aliphatic carbocycles. The Balaban J connectivity index is 3.59. The van der Waals surface area contributed by atoms with Crippen LogP contribution in [0, 0.1) is 0 Å². The molecule has 0 aliphatic heterocycles. The number of aliphatic hydroxyl groups is 2. The summed E-state index contributed by atoms with van der Waals surface area (Å²) in [4.78, 5) is 1.50. The summed E-state index contributed by atoms with van der Waals surface area (Å²) >= 11 is 0. The molecule has 168 valence electrons. The number of rotatable bonds is 14. The van der Waals surface area contributed by atoms with E-state index in [9.17, 15) is 23.2 Å². The fourth-order valence-corrected chi connectivity index (χ4v) is 4.23. The third-order valence-electron chi connectivity index (χ3n) is 5.11. The average molecular weight is 434 g/mol. The molecule has 0 fully saturated rings. The molecule has 3 N–H and O–H groups in total. The Bertz CT molecular complexity index is 676. The first kappa shape index (κ1) is 25.8. The molecule has 0 radical (unpaired) electrons. The molecule has 9 heteroatoms. The molecule has 1 rings (SSSR count). The molecule has 0 saturated heterocycles. The molecular weight excluding hydrogens is 398 g/mol. The molecule has 0 aromatic heterocycles. The molecular formula is C20H35NO7S. The molecule has 0 amide bonds. The Morgan fingerprint density at radius 2 is 1.45 bits per heavy atom. The van der Waals surface area contributed by atoms with Gasteiger partial charge < -0.3 is 24.6 Å². The lowest BCUT2D eigenvalue weighted by atomic mass is 9.97. The molecule has 8 nitrogen and oxygen atoms in total. The summed E-state index contributed by atoms with van der Waals surface area (Å²) in [6, 6.07) is 4.71. The van der Waals surface area contributed by atoms with Gasteiger partial charge in [0.05, 0.1) is 42.4 Å². The first-order valence-corrected chi connectivity index (χ1v) is 11.4. The SMILES string of the molecule is CCCC(OC)C(CO)N(c1cccc(S(=O)(=O)O)c1)C(CO)C(CCC)OC. The standard InChI is InChI=1S/C20H35NO7S/c1-5-8-19(27-3)17(13-22)21(18(14-23)20(28-4)9-6-2)15-10-7-11-16(12-15)29(24,25)26/h7,10-12,17-20,22-23H,5-6,8-9,13-14H2,1-4H3,(H,24,25,26). The number of benzene rings is 1. The fourth-order valence-electron chi connectivity index (χ4n) is 3.71. The van der Waals surface area contributed by atoms with Gasteiger partial charge in [-0.1, -0.05) is 32.8 Å². The van der Waals surface area contributed by atoms with Gasteiger partial charge in [-0.05, 0) is 31.0 Å². The summed E-state index contributed by atoms with van der Waals surface area (Å²) in [7, 11) is -1.29. The fraction of sp³-hybridized carbons (Fsp3) is 0.700. The Morgan fingerprint density at radius 1 is 0.966 bits per heavy atom. The summed E-state index contributed by atoms with van der Waals surface area (Å²) in [6.45, 7) is 3.46. The number of hydrogen-bond donors (Lipinski definition) is 3. The number of anilines is 1. The number of ether oxygens (including phenoxy) is 2. The van der Waals surface area contributed by atoms with Gasteiger partial charge in [-0.25, -0.2) is 0 Å². The van der Waals surface area contributed by atoms with Crippen molar-refractivity contribution in [3.63, 3.8) is 0 Å². The van der Waals surface area contributed by atoms with Gasteiger partial charge in [0.25, 0.3) is 10.1 Å². The third kappa shape index (κ3) is 6.91. The van der Waals surface area contributed by atoms with Gasteiger partial charge in [-0.2, -0.15) is 8.42 Å². The minimum Gasteiger partial charge on any atom is -0.394 e. The Labute approximate surface area is 174 Å². The van der Waals surface area contributed by atoms with E-state index < -0.39 is 22.2 Å². The molecule has 0 saturated carbocycles. The maximum Gasteiger partial charge on any atom is 0.294 e. The van der Waals surface area contributed by atoms with E-state index in [0.29, 0.717) is 18.5 Å². The van der Waals surface area contributed by atoms with E-state index in [-0.39, 0.29) is 30.3 Å². The van der Waals surface area contributed by atoms with Crippen molar-refractivity contribution >= 4 is 15.8 Å². The zero-order chi connectivity index (χ0) is 22.0. The van der Waals surface area contributed by atoms with Crippen LogP contribution in [0.5, 0.6) is 0 Å². The highest BCUT2D eigenvalue weighted by molar-refractivity contribution is 7.85. The molecule has 0 heterocycles. The summed E-state index contributed by atoms with van der Waals surface area (Å²) in [5, 5.41) is 20.5. The normalized spacial score (nSPS) is 16.2. The Morgan fingerprint density at radius 3 is 1.79 bits per heavy atom. The lowest BCUT2D eigenvalue weighted by Gasteiger charge is -2.44. The van der Waals surface area contributed by atoms with Crippen LogP contribution in [0.25, 0.3) is 0 Å². The zero-order valence-corrected chi connectivity index (χ0v) is 18.5. The first-order chi connectivity index (χ1) is 13.8. The molecule has 4 unspecified atom stereocenters. The van der Waals surface area contributed by atoms with Gasteiger partial charge in [-0.3, -0.25) is 4.55 Å². The van der Waals surface area contributed by atoms with Gasteiger partial charge in [0.1, 0.15) is 0 Å². The second kappa shape index (κ2) is 12.5. The predicted octanol–water partition coefficient (Wildman–Crippen LogP) is 2.09. The zero-order valence-electron chi connectivity index (χ0n) is 17.7. The quantitative estimate of drug-likeness (QED) is 0.382. The Kier molecular flexibility index (Phi) is 11.1. The minimum absolute atomic E-state index is 0.262. The van der Waals surface area contributed by atoms with Crippen LogP contribution in [0.1, 0.15) is 39.5 Å². The van der Waals surface area contributed by atoms with Crippen LogP contribution in [-0.4, -0.2) is 74.9 Å². The highest BCUT2D eigenvalue weighted by Gasteiger charge is 2.36. The predicted molar refractivity (Wildman–Crippen MR) is 112 cm³/mol. The van der Waals surface area contributed by atoms with Crippen molar-refractivity contribution in [2.45, 2.75) is 68.7 Å². The minimum atomic E-state index is -4.41. The molecule has 29 heavy (non-hydrogen) atoms. The van der Waals surface area contributed by atoms with Gasteiger partial charge >= 0.3 is 0 Å². The lowest BCUT2D eigenvalue weighted by Crippen LogP contribution is -2.57. The van der Waals surface area contributed by atoms with Crippen LogP contribution in [0.15, 0.2) is 29.2 Å². The summed E-state index contributed by atoms with van der Waals surface area (Å²) < 4.78 is 44.0. The van der Waals surface area contributed by atoms with E-state index in [1.165, 1.54) is 18.2 Å². The van der Waals surface area contributed by atoms with Crippen molar-refractivity contribution in [2.24, 2.45) is 0 Å². The number of hydrogen-bond acceptors (Lipinski definition) is 7. The van der Waals surface area contributed by atoms with Crippen molar-refractivity contribution in [3.8, 4) is 0 Å². The maximum atomic E-state index is 11.7. The second-order valence-electron chi connectivity index (χ2n) is 7.01. The van der Waals surface area contributed by atoms with Crippen molar-refractivity contribution in [1.29, 1.82) is 0 Å². The van der Waals surface area contributed by atoms with Crippen molar-refractivity contribution in [2.75, 3.05) is 32.3 Å². The maximum absolute atomic E-state index is 11.7. The van der Waals surface area contributed by atoms with E-state index >= 15 is 0 Å². The monoisotopic (exact) mass is 433 g/mol. The summed E-state index contributed by atoms with van der Waals surface area (Å²) in [5.74, 6) is 0. The number of methoxy groups -OCH3 is 2. The van der Waals surface area contributed by atoms with E-state index in [4.69, 9.17) is 9.47 Å². The van der Waals surface area contributed by atoms with Gasteiger partial charge in [0.15, 0.2) is 0 Å². The molecule has 4 atom stereocenters. The van der Waals surface area contributed by atoms with Crippen LogP contribution in [0.4, 0.5) is 5.69 Å². The van der Waals surface area contributed by atoms with Crippen LogP contribution >= 0.6 is 0 Å². The molecule has 1 aromatic rings. The van der Waals surface area contributed by atoms with E-state index in [2.05, 4.69) is 0 Å². The highest BCUT2D eigenvalue weighted by Crippen LogP contribution is 2.29. The Hall–Kier alpha value is -1.23. The molecule has 1 aromatic carbocycles. The van der Waals surface area contributed by atoms with E-state index in [1.54, 1.807) is 25.2 Å². The average Bonchev–Trinajstić information content (AvgIpc) is 2.71. The first-order valence-electron chi connectivity index (χ1n) is 9.92. The smallest absolute Gasteiger partial charge is 0.294 e. The van der Waals surface area contributed by atoms with Crippen molar-refractivity contribution in [3.05, 3.63) is 24.3 Å². The number of aliphatic hydroxyl groups excluding tert-OH is 2. The van der Waals surface area contributed by atoms with Crippen LogP contribution in [-0.2, 0) is 19.6 Å². The van der Waals surface area contributed by atoms with Crippen LogP contribution < -0.4 is 4.90 Å². The molecule has 0 spiro atoms. The topological polar surface area (TPSA) is 117 Å². The second-order valence-corrected chi connectivity index (χ2v) is 8.43. The molecule has 0 aliphatic rings. The lowest BCUT2D eigenvalue weighted by molar-refractivity contribution is 0.0172. The molecule has 0 bridgehead atoms. The summed E-state index contributed by atoms with van der Waals surface area (Å²) in [6.07, 6.45) is 2.26. The van der Waals surface area contributed by atoms with Crippen LogP contribution in [0.3, 0.4) is 0 Å². The van der Waals surface area contributed by atoms with Crippen molar-refractivity contribution in [1.82, 2.24) is 0 Å². The number of nitrogens with zero attached hydrogens (tertiary/aromatic N) is 1. The van der Waals surface area contributed by atoms with Gasteiger partial charge in [0.2, 0.25) is 0 Å². The van der Waals surface area contributed by atoms with E-state index in [1.807, 2.05) is 13.8 Å². The van der Waals surface area contributed by atoms with Crippen molar-refractivity contribution < 1.29 is 32.7 Å². The highest BCUT2D eigenvalue weighted by atomic mass is 32.2. The van der Waals surface area contributed by atoms with Gasteiger partial charge in [0, 0.05) is 19.9 Å². The van der Waals surface area contributed by atoms with Gasteiger partial charge in [-0.15, -0.1) is 0 Å². The largest absolute Gasteiger partial charge is 0.394 e. The van der Waals surface area contributed by atoms with E-state index in [0.717, 1.165) is 12.8 Å². The summed E-state index contributed by atoms with van der Waals surface area (Å²) in [5.41, 5.74) is 0.439. The third-order valence-corrected chi connectivity index (χ3v) is 5.96.